The summed E-state index contributed by atoms with van der Waals surface area (Å²) >= 11 is 0. The number of hydrogen-bond donors (Lipinski definition) is 1. The summed E-state index contributed by atoms with van der Waals surface area (Å²) in [6, 6.07) is 0.188. The van der Waals surface area contributed by atoms with Gasteiger partial charge in [0.1, 0.15) is 0 Å². The molecule has 3 heteroatoms. The molecule has 0 rings (SSSR count). The lowest BCUT2D eigenvalue weighted by molar-refractivity contribution is 0.616. The maximum absolute atomic E-state index is 11.3. The second kappa shape index (κ2) is 6.61. The second-order valence-corrected chi connectivity index (χ2v) is 5.49. The molecule has 0 heterocycles. The molecule has 0 aliphatic rings. The van der Waals surface area contributed by atoms with Crippen LogP contribution in [-0.2, 0) is 10.8 Å². The summed E-state index contributed by atoms with van der Waals surface area (Å²) in [6.45, 7) is 6.27. The first-order valence-corrected chi connectivity index (χ1v) is 6.11. The van der Waals surface area contributed by atoms with Gasteiger partial charge in [0, 0.05) is 28.3 Å². The van der Waals surface area contributed by atoms with Gasteiger partial charge >= 0.3 is 0 Å². The summed E-state index contributed by atoms with van der Waals surface area (Å²) in [7, 11) is -0.641. The normalized spacial score (nSPS) is 16.4. The predicted octanol–water partition coefficient (Wildman–Crippen LogP) is 1.52. The van der Waals surface area contributed by atoms with Crippen molar-refractivity contribution in [1.82, 2.24) is 0 Å². The fraction of sp³-hybridized carbons (Fsp3) is 1.00. The highest BCUT2D eigenvalue weighted by molar-refractivity contribution is 7.84. The molecule has 0 amide bonds. The van der Waals surface area contributed by atoms with E-state index in [4.69, 9.17) is 5.73 Å². The van der Waals surface area contributed by atoms with E-state index < -0.39 is 10.8 Å². The molecule has 0 radical (unpaired) electrons. The summed E-state index contributed by atoms with van der Waals surface area (Å²) in [5.74, 6) is 2.26. The van der Waals surface area contributed by atoms with E-state index in [2.05, 4.69) is 13.8 Å². The first-order valence-electron chi connectivity index (χ1n) is 4.63. The van der Waals surface area contributed by atoms with Crippen LogP contribution in [0.25, 0.3) is 0 Å². The van der Waals surface area contributed by atoms with E-state index in [1.54, 1.807) is 0 Å². The van der Waals surface area contributed by atoms with Crippen molar-refractivity contribution in [3.8, 4) is 0 Å². The van der Waals surface area contributed by atoms with Gasteiger partial charge in [0.15, 0.2) is 0 Å². The number of nitrogens with two attached hydrogens (primary N) is 1. The molecule has 0 aromatic carbocycles. The minimum atomic E-state index is -0.641. The smallest absolute Gasteiger partial charge is 0.0249 e. The largest absolute Gasteiger partial charge is 0.328 e. The summed E-state index contributed by atoms with van der Waals surface area (Å²) in [5, 5.41) is 0. The van der Waals surface area contributed by atoms with Gasteiger partial charge in [0.25, 0.3) is 0 Å². The van der Waals surface area contributed by atoms with Crippen LogP contribution >= 0.6 is 0 Å². The standard InChI is InChI=1S/C9H21NOS/c1-8(2)4-6-12(11)7-5-9(3)10/h8-9H,4-7,10H2,1-3H3. The fourth-order valence-corrected chi connectivity index (χ4v) is 2.36. The molecular formula is C9H21NOS. The van der Waals surface area contributed by atoms with Gasteiger partial charge < -0.3 is 5.73 Å². The maximum atomic E-state index is 11.3. The monoisotopic (exact) mass is 191 g/mol. The molecule has 2 unspecified atom stereocenters. The molecule has 2 atom stereocenters. The van der Waals surface area contributed by atoms with Gasteiger partial charge in [-0.3, -0.25) is 4.21 Å². The molecule has 0 bridgehead atoms. The molecule has 0 aromatic rings. The second-order valence-electron chi connectivity index (χ2n) is 3.80. The molecule has 0 aliphatic carbocycles. The van der Waals surface area contributed by atoms with Crippen LogP contribution in [0.15, 0.2) is 0 Å². The van der Waals surface area contributed by atoms with Crippen molar-refractivity contribution in [2.24, 2.45) is 11.7 Å². The van der Waals surface area contributed by atoms with Crippen molar-refractivity contribution in [3.63, 3.8) is 0 Å². The highest BCUT2D eigenvalue weighted by Crippen LogP contribution is 2.02. The number of rotatable bonds is 6. The Balaban J connectivity index is 3.34. The van der Waals surface area contributed by atoms with Crippen molar-refractivity contribution in [3.05, 3.63) is 0 Å². The summed E-state index contributed by atoms with van der Waals surface area (Å²) in [5.41, 5.74) is 5.56. The molecule has 0 fully saturated rings. The predicted molar refractivity (Wildman–Crippen MR) is 55.6 cm³/mol. The van der Waals surface area contributed by atoms with Gasteiger partial charge in [0.2, 0.25) is 0 Å². The van der Waals surface area contributed by atoms with Crippen LogP contribution < -0.4 is 5.73 Å². The van der Waals surface area contributed by atoms with Crippen LogP contribution in [0.4, 0.5) is 0 Å². The Labute approximate surface area is 78.4 Å². The van der Waals surface area contributed by atoms with Gasteiger partial charge in [-0.2, -0.15) is 0 Å². The summed E-state index contributed by atoms with van der Waals surface area (Å²) in [6.07, 6.45) is 1.94. The van der Waals surface area contributed by atoms with Crippen LogP contribution in [0, 0.1) is 5.92 Å². The minimum Gasteiger partial charge on any atom is -0.328 e. The topological polar surface area (TPSA) is 43.1 Å². The lowest BCUT2D eigenvalue weighted by atomic mass is 10.2. The van der Waals surface area contributed by atoms with Gasteiger partial charge in [-0.25, -0.2) is 0 Å². The van der Waals surface area contributed by atoms with E-state index in [1.165, 1.54) is 0 Å². The Hall–Kier alpha value is 0.110. The van der Waals surface area contributed by atoms with Gasteiger partial charge in [-0.15, -0.1) is 0 Å². The number of hydrogen-bond acceptors (Lipinski definition) is 2. The summed E-state index contributed by atoms with van der Waals surface area (Å²) < 4.78 is 11.3. The molecule has 2 N–H and O–H groups in total. The zero-order valence-electron chi connectivity index (χ0n) is 8.38. The highest BCUT2D eigenvalue weighted by Gasteiger charge is 2.03. The van der Waals surface area contributed by atoms with E-state index in [-0.39, 0.29) is 6.04 Å². The van der Waals surface area contributed by atoms with Gasteiger partial charge in [-0.1, -0.05) is 13.8 Å². The Morgan fingerprint density at radius 1 is 1.17 bits per heavy atom. The third-order valence-electron chi connectivity index (χ3n) is 1.72. The molecule has 0 saturated heterocycles. The Kier molecular flexibility index (Phi) is 6.67. The van der Waals surface area contributed by atoms with Crippen LogP contribution in [0.5, 0.6) is 0 Å². The molecule has 0 spiro atoms. The van der Waals surface area contributed by atoms with Crippen LogP contribution in [0.1, 0.15) is 33.6 Å². The van der Waals surface area contributed by atoms with E-state index in [0.717, 1.165) is 24.3 Å². The van der Waals surface area contributed by atoms with E-state index >= 15 is 0 Å². The zero-order chi connectivity index (χ0) is 9.56. The van der Waals surface area contributed by atoms with E-state index in [1.807, 2.05) is 6.92 Å². The van der Waals surface area contributed by atoms with Gasteiger partial charge in [-0.05, 0) is 25.7 Å². The highest BCUT2D eigenvalue weighted by atomic mass is 32.2. The minimum absolute atomic E-state index is 0.188. The van der Waals surface area contributed by atoms with Crippen LogP contribution in [-0.4, -0.2) is 21.8 Å². The summed E-state index contributed by atoms with van der Waals surface area (Å²) in [4.78, 5) is 0. The lowest BCUT2D eigenvalue weighted by Crippen LogP contribution is -2.18. The fourth-order valence-electron chi connectivity index (χ4n) is 0.787. The molecular weight excluding hydrogens is 170 g/mol. The first-order chi connectivity index (χ1) is 5.52. The Morgan fingerprint density at radius 3 is 2.08 bits per heavy atom. The average molecular weight is 191 g/mol. The Bertz CT molecular complexity index is 120. The zero-order valence-corrected chi connectivity index (χ0v) is 9.19. The molecule has 12 heavy (non-hydrogen) atoms. The van der Waals surface area contributed by atoms with Crippen molar-refractivity contribution in [2.45, 2.75) is 39.7 Å². The van der Waals surface area contributed by atoms with Crippen molar-refractivity contribution in [1.29, 1.82) is 0 Å². The SMILES string of the molecule is CC(C)CCS(=O)CCC(C)N. The molecule has 0 aromatic heterocycles. The van der Waals surface area contributed by atoms with Crippen LogP contribution in [0.2, 0.25) is 0 Å². The van der Waals surface area contributed by atoms with Crippen molar-refractivity contribution < 1.29 is 4.21 Å². The average Bonchev–Trinajstić information content (AvgIpc) is 1.96. The molecule has 0 saturated carbocycles. The van der Waals surface area contributed by atoms with Crippen molar-refractivity contribution in [2.75, 3.05) is 11.5 Å². The lowest BCUT2D eigenvalue weighted by Gasteiger charge is -2.06. The molecule has 2 nitrogen and oxygen atoms in total. The maximum Gasteiger partial charge on any atom is 0.0249 e. The van der Waals surface area contributed by atoms with Gasteiger partial charge in [0.05, 0.1) is 0 Å². The molecule has 74 valence electrons. The molecule has 0 aliphatic heterocycles. The van der Waals surface area contributed by atoms with E-state index in [0.29, 0.717) is 5.92 Å². The van der Waals surface area contributed by atoms with Crippen molar-refractivity contribution >= 4 is 10.8 Å². The third kappa shape index (κ3) is 8.21. The van der Waals surface area contributed by atoms with E-state index in [9.17, 15) is 4.21 Å². The van der Waals surface area contributed by atoms with Crippen LogP contribution in [0.3, 0.4) is 0 Å². The quantitative estimate of drug-likeness (QED) is 0.691. The Morgan fingerprint density at radius 2 is 1.67 bits per heavy atom. The first kappa shape index (κ1) is 12.1. The third-order valence-corrected chi connectivity index (χ3v) is 3.11.